The molecule has 1 atom stereocenters. The van der Waals surface area contributed by atoms with E-state index >= 15 is 0 Å². The van der Waals surface area contributed by atoms with Crippen molar-refractivity contribution < 1.29 is 18.7 Å². The summed E-state index contributed by atoms with van der Waals surface area (Å²) in [5, 5.41) is 0. The zero-order chi connectivity index (χ0) is 20.9. The van der Waals surface area contributed by atoms with Crippen molar-refractivity contribution in [2.75, 3.05) is 32.8 Å². The lowest BCUT2D eigenvalue weighted by molar-refractivity contribution is -0.155. The number of hydrogen-bond donors (Lipinski definition) is 0. The maximum atomic E-state index is 13.0. The maximum absolute atomic E-state index is 13.0. The summed E-state index contributed by atoms with van der Waals surface area (Å²) in [6.45, 7) is 5.49. The number of amides is 1. The molecule has 2 saturated heterocycles. The lowest BCUT2D eigenvalue weighted by Gasteiger charge is -2.42. The van der Waals surface area contributed by atoms with Crippen LogP contribution in [-0.4, -0.2) is 70.7 Å². The Morgan fingerprint density at radius 1 is 1.17 bits per heavy atom. The number of carbonyl (C=O) groups excluding carboxylic acids is 1. The van der Waals surface area contributed by atoms with Crippen LogP contribution in [0.4, 0.5) is 4.39 Å². The van der Waals surface area contributed by atoms with Crippen molar-refractivity contribution in [2.45, 2.75) is 38.5 Å². The molecule has 4 rings (SSSR count). The van der Waals surface area contributed by atoms with Crippen molar-refractivity contribution in [1.29, 1.82) is 0 Å². The Morgan fingerprint density at radius 2 is 1.93 bits per heavy atom. The van der Waals surface area contributed by atoms with Gasteiger partial charge in [0.15, 0.2) is 0 Å². The molecule has 1 aromatic carbocycles. The molecule has 160 valence electrons. The van der Waals surface area contributed by atoms with Crippen LogP contribution in [0, 0.1) is 12.7 Å². The minimum absolute atomic E-state index is 0.0379. The van der Waals surface area contributed by atoms with Crippen LogP contribution in [0.15, 0.2) is 36.7 Å². The standard InChI is InChI=1S/C22H27FN4O3/c1-16-10-25-18(11-24-16)12-26-8-6-19(7-9-26)27-13-21(30-15-22(27)28)14-29-20-4-2-17(23)3-5-20/h2-5,10-11,19,21H,6-9,12-15H2,1H3/t21-/m0/s1. The highest BCUT2D eigenvalue weighted by Gasteiger charge is 2.33. The Morgan fingerprint density at radius 3 is 2.63 bits per heavy atom. The van der Waals surface area contributed by atoms with E-state index in [0.717, 1.165) is 43.9 Å². The van der Waals surface area contributed by atoms with Gasteiger partial charge in [0.25, 0.3) is 0 Å². The number of rotatable bonds is 6. The smallest absolute Gasteiger partial charge is 0.248 e. The van der Waals surface area contributed by atoms with Gasteiger partial charge in [-0.15, -0.1) is 0 Å². The molecule has 0 radical (unpaired) electrons. The third-order valence-corrected chi connectivity index (χ3v) is 5.63. The highest BCUT2D eigenvalue weighted by molar-refractivity contribution is 5.78. The molecule has 1 amide bonds. The predicted molar refractivity (Wildman–Crippen MR) is 108 cm³/mol. The van der Waals surface area contributed by atoms with Crippen LogP contribution in [0.5, 0.6) is 5.75 Å². The lowest BCUT2D eigenvalue weighted by Crippen LogP contribution is -2.55. The average Bonchev–Trinajstić information content (AvgIpc) is 2.76. The number of aryl methyl sites for hydroxylation is 1. The third kappa shape index (κ3) is 5.31. The van der Waals surface area contributed by atoms with Crippen molar-refractivity contribution in [3.05, 3.63) is 53.9 Å². The van der Waals surface area contributed by atoms with E-state index in [-0.39, 0.29) is 30.5 Å². The Bertz CT molecular complexity index is 838. The van der Waals surface area contributed by atoms with Gasteiger partial charge in [0.2, 0.25) is 5.91 Å². The van der Waals surface area contributed by atoms with E-state index in [9.17, 15) is 9.18 Å². The average molecular weight is 414 g/mol. The number of hydrogen-bond acceptors (Lipinski definition) is 6. The normalized spacial score (nSPS) is 21.1. The SMILES string of the molecule is Cc1cnc(CN2CCC(N3C[C@@H](COc4ccc(F)cc4)OCC3=O)CC2)cn1. The molecule has 2 fully saturated rings. The minimum Gasteiger partial charge on any atom is -0.491 e. The van der Waals surface area contributed by atoms with Crippen molar-refractivity contribution in [3.63, 3.8) is 0 Å². The number of benzene rings is 1. The fourth-order valence-electron chi connectivity index (χ4n) is 3.94. The largest absolute Gasteiger partial charge is 0.491 e. The first-order chi connectivity index (χ1) is 14.6. The number of ether oxygens (including phenoxy) is 2. The quantitative estimate of drug-likeness (QED) is 0.722. The van der Waals surface area contributed by atoms with Gasteiger partial charge < -0.3 is 14.4 Å². The van der Waals surface area contributed by atoms with Crippen LogP contribution in [0.3, 0.4) is 0 Å². The first-order valence-corrected chi connectivity index (χ1v) is 10.4. The van der Waals surface area contributed by atoms with E-state index in [4.69, 9.17) is 9.47 Å². The van der Waals surface area contributed by atoms with Gasteiger partial charge in [-0.1, -0.05) is 0 Å². The van der Waals surface area contributed by atoms with Gasteiger partial charge in [0.1, 0.15) is 30.9 Å². The summed E-state index contributed by atoms with van der Waals surface area (Å²) in [6, 6.07) is 6.13. The topological polar surface area (TPSA) is 67.8 Å². The summed E-state index contributed by atoms with van der Waals surface area (Å²) in [4.78, 5) is 25.5. The molecule has 0 aliphatic carbocycles. The Balaban J connectivity index is 1.26. The fraction of sp³-hybridized carbons (Fsp3) is 0.500. The summed E-state index contributed by atoms with van der Waals surface area (Å²) in [5.74, 6) is 0.334. The zero-order valence-electron chi connectivity index (χ0n) is 17.2. The molecule has 2 aromatic rings. The molecule has 1 aromatic heterocycles. The highest BCUT2D eigenvalue weighted by Crippen LogP contribution is 2.22. The van der Waals surface area contributed by atoms with E-state index in [1.165, 1.54) is 12.1 Å². The molecule has 7 nitrogen and oxygen atoms in total. The zero-order valence-corrected chi connectivity index (χ0v) is 17.2. The van der Waals surface area contributed by atoms with Crippen LogP contribution in [-0.2, 0) is 16.1 Å². The Labute approximate surface area is 175 Å². The van der Waals surface area contributed by atoms with Crippen molar-refractivity contribution in [1.82, 2.24) is 19.8 Å². The number of nitrogens with zero attached hydrogens (tertiary/aromatic N) is 4. The third-order valence-electron chi connectivity index (χ3n) is 5.63. The van der Waals surface area contributed by atoms with Crippen molar-refractivity contribution >= 4 is 5.91 Å². The van der Waals surface area contributed by atoms with E-state index < -0.39 is 0 Å². The Kier molecular flexibility index (Phi) is 6.54. The van der Waals surface area contributed by atoms with E-state index in [2.05, 4.69) is 14.9 Å². The molecule has 0 unspecified atom stereocenters. The molecule has 3 heterocycles. The van der Waals surface area contributed by atoms with Gasteiger partial charge in [-0.2, -0.15) is 0 Å². The first-order valence-electron chi connectivity index (χ1n) is 10.4. The van der Waals surface area contributed by atoms with Gasteiger partial charge in [0, 0.05) is 38.1 Å². The maximum Gasteiger partial charge on any atom is 0.248 e. The number of likely N-dealkylation sites (tertiary alicyclic amines) is 1. The molecule has 8 heteroatoms. The number of halogens is 1. The van der Waals surface area contributed by atoms with Crippen LogP contribution >= 0.6 is 0 Å². The molecule has 0 saturated carbocycles. The van der Waals surface area contributed by atoms with E-state index in [0.29, 0.717) is 18.9 Å². The Hall–Kier alpha value is -2.58. The van der Waals surface area contributed by atoms with Crippen LogP contribution in [0.2, 0.25) is 0 Å². The first kappa shape index (κ1) is 20.7. The summed E-state index contributed by atoms with van der Waals surface area (Å²) in [7, 11) is 0. The number of carbonyl (C=O) groups is 1. The molecule has 0 N–H and O–H groups in total. The van der Waals surface area contributed by atoms with Crippen molar-refractivity contribution in [3.8, 4) is 5.75 Å². The van der Waals surface area contributed by atoms with Gasteiger partial charge >= 0.3 is 0 Å². The molecule has 30 heavy (non-hydrogen) atoms. The summed E-state index contributed by atoms with van der Waals surface area (Å²) < 4.78 is 24.4. The molecular weight excluding hydrogens is 387 g/mol. The molecule has 0 spiro atoms. The monoisotopic (exact) mass is 414 g/mol. The summed E-state index contributed by atoms with van der Waals surface area (Å²) in [5.41, 5.74) is 1.89. The second-order valence-electron chi connectivity index (χ2n) is 7.90. The molecule has 2 aliphatic rings. The second kappa shape index (κ2) is 9.49. The summed E-state index contributed by atoms with van der Waals surface area (Å²) >= 11 is 0. The second-order valence-corrected chi connectivity index (χ2v) is 7.90. The van der Waals surface area contributed by atoms with E-state index in [1.54, 1.807) is 18.3 Å². The highest BCUT2D eigenvalue weighted by atomic mass is 19.1. The lowest BCUT2D eigenvalue weighted by atomic mass is 10.0. The van der Waals surface area contributed by atoms with Gasteiger partial charge in [-0.25, -0.2) is 4.39 Å². The van der Waals surface area contributed by atoms with Gasteiger partial charge in [-0.05, 0) is 44.0 Å². The minimum atomic E-state index is -0.297. The van der Waals surface area contributed by atoms with Crippen molar-refractivity contribution in [2.24, 2.45) is 0 Å². The van der Waals surface area contributed by atoms with Crippen LogP contribution in [0.1, 0.15) is 24.2 Å². The number of morpholine rings is 1. The van der Waals surface area contributed by atoms with Gasteiger partial charge in [0.05, 0.1) is 17.9 Å². The molecular formula is C22H27FN4O3. The van der Waals surface area contributed by atoms with Crippen LogP contribution in [0.25, 0.3) is 0 Å². The predicted octanol–water partition coefficient (Wildman–Crippen LogP) is 2.19. The van der Waals surface area contributed by atoms with Crippen LogP contribution < -0.4 is 4.74 Å². The summed E-state index contributed by atoms with van der Waals surface area (Å²) in [6.07, 6.45) is 5.29. The fourth-order valence-corrected chi connectivity index (χ4v) is 3.94. The number of piperidine rings is 1. The molecule has 0 bridgehead atoms. The van der Waals surface area contributed by atoms with E-state index in [1.807, 2.05) is 18.0 Å². The van der Waals surface area contributed by atoms with Gasteiger partial charge in [-0.3, -0.25) is 19.7 Å². The number of aromatic nitrogens is 2. The molecule has 2 aliphatic heterocycles.